The average molecular weight is 212 g/mol. The second-order valence-electron chi connectivity index (χ2n) is 2.60. The Bertz CT molecular complexity index is 360. The summed E-state index contributed by atoms with van der Waals surface area (Å²) in [5.74, 6) is 1.23. The number of hydrogen-bond donors (Lipinski definition) is 0. The molecule has 74 valence electrons. The van der Waals surface area contributed by atoms with Crippen molar-refractivity contribution in [3.63, 3.8) is 0 Å². The van der Waals surface area contributed by atoms with Gasteiger partial charge in [0.1, 0.15) is 16.9 Å². The number of halogens is 1. The van der Waals surface area contributed by atoms with Crippen molar-refractivity contribution in [1.82, 2.24) is 0 Å². The molecule has 1 rings (SSSR count). The molecule has 1 aromatic rings. The molecule has 0 aromatic heterocycles. The highest BCUT2D eigenvalue weighted by Crippen LogP contribution is 2.32. The van der Waals surface area contributed by atoms with Gasteiger partial charge in [-0.2, -0.15) is 5.26 Å². The summed E-state index contributed by atoms with van der Waals surface area (Å²) in [5, 5.41) is 7.97. The molecule has 1 unspecified atom stereocenters. The van der Waals surface area contributed by atoms with Crippen molar-refractivity contribution in [2.24, 2.45) is 0 Å². The molecule has 0 radical (unpaired) electrons. The van der Waals surface area contributed by atoms with Gasteiger partial charge in [-0.1, -0.05) is 0 Å². The fraction of sp³-hybridized carbons (Fsp3) is 0.300. The van der Waals surface area contributed by atoms with Crippen LogP contribution in [0.1, 0.15) is 10.9 Å². The zero-order valence-corrected chi connectivity index (χ0v) is 8.71. The Morgan fingerprint density at radius 1 is 1.36 bits per heavy atom. The van der Waals surface area contributed by atoms with Crippen LogP contribution in [0.15, 0.2) is 18.2 Å². The summed E-state index contributed by atoms with van der Waals surface area (Å²) < 4.78 is 10.1. The third-order valence-corrected chi connectivity index (χ3v) is 2.16. The zero-order valence-electron chi connectivity index (χ0n) is 7.95. The Morgan fingerprint density at radius 2 is 2.07 bits per heavy atom. The number of nitriles is 1. The number of rotatable bonds is 3. The minimum absolute atomic E-state index is 0.561. The Balaban J connectivity index is 3.12. The lowest BCUT2D eigenvalue weighted by molar-refractivity contribution is 0.391. The minimum Gasteiger partial charge on any atom is -0.497 e. The Hall–Kier alpha value is -1.40. The van der Waals surface area contributed by atoms with Crippen LogP contribution in [0.3, 0.4) is 0 Å². The Morgan fingerprint density at radius 3 is 2.57 bits per heavy atom. The van der Waals surface area contributed by atoms with Crippen LogP contribution in [0.2, 0.25) is 0 Å². The molecule has 0 fully saturated rings. The van der Waals surface area contributed by atoms with Gasteiger partial charge in [-0.3, -0.25) is 0 Å². The summed E-state index contributed by atoms with van der Waals surface area (Å²) in [5.41, 5.74) is 0.650. The fourth-order valence-corrected chi connectivity index (χ4v) is 1.28. The predicted octanol–water partition coefficient (Wildman–Crippen LogP) is 2.51. The van der Waals surface area contributed by atoms with E-state index < -0.39 is 5.38 Å². The van der Waals surface area contributed by atoms with Crippen LogP contribution in [0, 0.1) is 11.3 Å². The van der Waals surface area contributed by atoms with Crippen LogP contribution in [0.25, 0.3) is 0 Å². The zero-order chi connectivity index (χ0) is 10.6. The van der Waals surface area contributed by atoms with Crippen molar-refractivity contribution in [2.75, 3.05) is 14.2 Å². The van der Waals surface area contributed by atoms with Crippen LogP contribution in [0.5, 0.6) is 11.5 Å². The summed E-state index contributed by atoms with van der Waals surface area (Å²) in [7, 11) is 3.09. The summed E-state index contributed by atoms with van der Waals surface area (Å²) in [6.07, 6.45) is 0. The Labute approximate surface area is 87.8 Å². The fourth-order valence-electron chi connectivity index (χ4n) is 1.10. The van der Waals surface area contributed by atoms with Gasteiger partial charge < -0.3 is 9.47 Å². The van der Waals surface area contributed by atoms with E-state index in [1.807, 2.05) is 6.07 Å². The molecule has 0 heterocycles. The largest absolute Gasteiger partial charge is 0.497 e. The number of nitrogens with zero attached hydrogens (tertiary/aromatic N) is 1. The van der Waals surface area contributed by atoms with E-state index in [9.17, 15) is 0 Å². The van der Waals surface area contributed by atoms with E-state index >= 15 is 0 Å². The summed E-state index contributed by atoms with van der Waals surface area (Å²) in [6.45, 7) is 0. The van der Waals surface area contributed by atoms with Crippen LogP contribution < -0.4 is 9.47 Å². The van der Waals surface area contributed by atoms with Crippen molar-refractivity contribution < 1.29 is 9.47 Å². The number of methoxy groups -OCH3 is 2. The van der Waals surface area contributed by atoms with Gasteiger partial charge >= 0.3 is 0 Å². The van der Waals surface area contributed by atoms with E-state index in [-0.39, 0.29) is 0 Å². The molecule has 3 nitrogen and oxygen atoms in total. The van der Waals surface area contributed by atoms with E-state index in [1.165, 1.54) is 7.11 Å². The maximum absolute atomic E-state index is 8.67. The van der Waals surface area contributed by atoms with Gasteiger partial charge in [-0.25, -0.2) is 0 Å². The molecule has 0 aliphatic heterocycles. The second kappa shape index (κ2) is 4.73. The normalized spacial score (nSPS) is 11.6. The molecule has 0 aliphatic rings. The molecule has 0 aliphatic carbocycles. The molecular weight excluding hydrogens is 202 g/mol. The predicted molar refractivity (Wildman–Crippen MR) is 53.8 cm³/mol. The molecule has 0 amide bonds. The quantitative estimate of drug-likeness (QED) is 0.722. The first-order valence-electron chi connectivity index (χ1n) is 3.98. The van der Waals surface area contributed by atoms with Crippen molar-refractivity contribution >= 4 is 11.6 Å². The van der Waals surface area contributed by atoms with Gasteiger partial charge in [0.05, 0.1) is 20.3 Å². The van der Waals surface area contributed by atoms with Crippen molar-refractivity contribution in [3.8, 4) is 17.6 Å². The summed E-state index contributed by atoms with van der Waals surface area (Å²) in [4.78, 5) is 0. The summed E-state index contributed by atoms with van der Waals surface area (Å²) in [6, 6.07) is 7.10. The molecule has 0 spiro atoms. The molecule has 1 aromatic carbocycles. The van der Waals surface area contributed by atoms with E-state index in [4.69, 9.17) is 26.3 Å². The van der Waals surface area contributed by atoms with Crippen molar-refractivity contribution in [3.05, 3.63) is 23.8 Å². The van der Waals surface area contributed by atoms with Gasteiger partial charge in [0.2, 0.25) is 0 Å². The monoisotopic (exact) mass is 211 g/mol. The van der Waals surface area contributed by atoms with Gasteiger partial charge in [0.25, 0.3) is 0 Å². The molecule has 1 atom stereocenters. The van der Waals surface area contributed by atoms with Gasteiger partial charge in [-0.05, 0) is 12.1 Å². The number of alkyl halides is 1. The lowest BCUT2D eigenvalue weighted by Crippen LogP contribution is -1.94. The van der Waals surface area contributed by atoms with Crippen LogP contribution >= 0.6 is 11.6 Å². The van der Waals surface area contributed by atoms with E-state index in [0.717, 1.165) is 0 Å². The van der Waals surface area contributed by atoms with Crippen molar-refractivity contribution in [2.45, 2.75) is 5.38 Å². The maximum atomic E-state index is 8.67. The highest BCUT2D eigenvalue weighted by molar-refractivity contribution is 6.22. The number of ether oxygens (including phenoxy) is 2. The van der Waals surface area contributed by atoms with Gasteiger partial charge in [-0.15, -0.1) is 11.6 Å². The molecule has 4 heteroatoms. The van der Waals surface area contributed by atoms with E-state index in [1.54, 1.807) is 25.3 Å². The molecular formula is C10H10ClNO2. The van der Waals surface area contributed by atoms with Crippen molar-refractivity contribution in [1.29, 1.82) is 5.26 Å². The second-order valence-corrected chi connectivity index (χ2v) is 3.04. The molecule has 14 heavy (non-hydrogen) atoms. The molecule has 0 saturated carbocycles. The number of benzene rings is 1. The first-order chi connectivity index (χ1) is 6.72. The molecule has 0 N–H and O–H groups in total. The first kappa shape index (κ1) is 10.7. The topological polar surface area (TPSA) is 42.2 Å². The lowest BCUT2D eigenvalue weighted by atomic mass is 10.1. The average Bonchev–Trinajstić information content (AvgIpc) is 2.27. The first-order valence-corrected chi connectivity index (χ1v) is 4.42. The van der Waals surface area contributed by atoms with E-state index in [0.29, 0.717) is 17.1 Å². The highest BCUT2D eigenvalue weighted by atomic mass is 35.5. The van der Waals surface area contributed by atoms with Gasteiger partial charge in [0.15, 0.2) is 0 Å². The molecule has 0 bridgehead atoms. The van der Waals surface area contributed by atoms with E-state index in [2.05, 4.69) is 0 Å². The minimum atomic E-state index is -0.698. The standard InChI is InChI=1S/C10H10ClNO2/c1-13-7-3-4-8(9(11)6-12)10(5-7)14-2/h3-5,9H,1-2H3. The molecule has 0 saturated heterocycles. The third kappa shape index (κ3) is 2.09. The van der Waals surface area contributed by atoms with Gasteiger partial charge in [0, 0.05) is 11.6 Å². The maximum Gasteiger partial charge on any atom is 0.149 e. The number of hydrogen-bond acceptors (Lipinski definition) is 3. The van der Waals surface area contributed by atoms with Crippen LogP contribution in [-0.2, 0) is 0 Å². The van der Waals surface area contributed by atoms with Crippen LogP contribution in [0.4, 0.5) is 0 Å². The third-order valence-electron chi connectivity index (χ3n) is 1.83. The van der Waals surface area contributed by atoms with Crippen LogP contribution in [-0.4, -0.2) is 14.2 Å². The Kier molecular flexibility index (Phi) is 3.61. The smallest absolute Gasteiger partial charge is 0.149 e. The SMILES string of the molecule is COc1ccc(C(Cl)C#N)c(OC)c1. The lowest BCUT2D eigenvalue weighted by Gasteiger charge is -2.10. The summed E-state index contributed by atoms with van der Waals surface area (Å²) >= 11 is 5.79. The highest BCUT2D eigenvalue weighted by Gasteiger charge is 2.12.